The number of hydrogen-bond acceptors (Lipinski definition) is 7. The first-order valence-electron chi connectivity index (χ1n) is 12.4. The second kappa shape index (κ2) is 9.35. The van der Waals surface area contributed by atoms with Gasteiger partial charge in [0.2, 0.25) is 5.91 Å². The van der Waals surface area contributed by atoms with Crippen LogP contribution in [0, 0.1) is 36.0 Å². The number of amides is 1. The summed E-state index contributed by atoms with van der Waals surface area (Å²) >= 11 is 0. The molecular formula is C25H34N8O. The normalized spacial score (nSPS) is 26.6. The lowest BCUT2D eigenvalue weighted by atomic mass is 9.90. The molecule has 3 fully saturated rings. The van der Waals surface area contributed by atoms with Gasteiger partial charge in [-0.15, -0.1) is 5.10 Å². The predicted octanol–water partition coefficient (Wildman–Crippen LogP) is 2.59. The van der Waals surface area contributed by atoms with Gasteiger partial charge in [0.15, 0.2) is 0 Å². The molecule has 9 heteroatoms. The summed E-state index contributed by atoms with van der Waals surface area (Å²) in [5.74, 6) is 0.778. The molecule has 1 aromatic carbocycles. The van der Waals surface area contributed by atoms with Crippen LogP contribution in [0.2, 0.25) is 0 Å². The van der Waals surface area contributed by atoms with Crippen molar-refractivity contribution in [3.63, 3.8) is 0 Å². The molecule has 0 radical (unpaired) electrons. The molecule has 3 heterocycles. The smallest absolute Gasteiger partial charge is 0.228 e. The van der Waals surface area contributed by atoms with Crippen molar-refractivity contribution in [3.8, 4) is 6.07 Å². The lowest BCUT2D eigenvalue weighted by Gasteiger charge is -2.34. The first-order valence-corrected chi connectivity index (χ1v) is 12.4. The van der Waals surface area contributed by atoms with E-state index in [1.807, 2.05) is 10.9 Å². The maximum absolute atomic E-state index is 12.9. The molecule has 3 aliphatic rings. The Bertz CT molecular complexity index is 1060. The van der Waals surface area contributed by atoms with Crippen molar-refractivity contribution in [3.05, 3.63) is 41.7 Å². The van der Waals surface area contributed by atoms with Crippen LogP contribution < -0.4 is 16.1 Å². The maximum Gasteiger partial charge on any atom is 0.228 e. The van der Waals surface area contributed by atoms with E-state index in [0.717, 1.165) is 24.9 Å². The van der Waals surface area contributed by atoms with Gasteiger partial charge in [0.1, 0.15) is 6.17 Å². The molecule has 180 valence electrons. The summed E-state index contributed by atoms with van der Waals surface area (Å²) in [7, 11) is 0. The average Bonchev–Trinajstić information content (AvgIpc) is 3.38. The molecule has 5 rings (SSSR count). The Hall–Kier alpha value is -2.96. The number of piperidine rings is 1. The second-order valence-electron chi connectivity index (χ2n) is 10.2. The van der Waals surface area contributed by atoms with E-state index in [1.54, 1.807) is 6.20 Å². The molecule has 4 unspecified atom stereocenters. The minimum absolute atomic E-state index is 0.0784. The number of hydrazine groups is 1. The van der Waals surface area contributed by atoms with Crippen molar-refractivity contribution in [2.45, 2.75) is 70.7 Å². The molecule has 3 N–H and O–H groups in total. The highest BCUT2D eigenvalue weighted by molar-refractivity contribution is 5.82. The third-order valence-corrected chi connectivity index (χ3v) is 7.55. The number of nitriles is 1. The first-order chi connectivity index (χ1) is 16.5. The van der Waals surface area contributed by atoms with Gasteiger partial charge in [0.25, 0.3) is 0 Å². The van der Waals surface area contributed by atoms with Crippen LogP contribution in [0.1, 0.15) is 56.7 Å². The summed E-state index contributed by atoms with van der Waals surface area (Å²) in [5.41, 5.74) is 6.95. The molecule has 2 aromatic rings. The second-order valence-corrected chi connectivity index (χ2v) is 10.2. The van der Waals surface area contributed by atoms with Crippen molar-refractivity contribution in [1.82, 2.24) is 30.7 Å². The standard InChI is InChI=1S/C25H34N8O/c1-15(2)23(32-13-12-28-31-32)19-7-6-18(14-16(19)3)29-24-22-21(9-11-27-25(22)34)33(30-24)20(8-10-26)17-4-5-17/h6-7,12-15,17,20-24,29-30H,4-5,8-9,11H2,1-3H3,(H,27,34)/t20-,21?,22?,23?,24?/m0/s1. The minimum atomic E-state index is -0.216. The molecule has 1 amide bonds. The number of aromatic nitrogens is 3. The molecule has 1 aliphatic carbocycles. The molecule has 5 atom stereocenters. The van der Waals surface area contributed by atoms with Crippen LogP contribution in [-0.4, -0.2) is 50.7 Å². The van der Waals surface area contributed by atoms with Crippen molar-refractivity contribution in [1.29, 1.82) is 5.26 Å². The molecule has 9 nitrogen and oxygen atoms in total. The highest BCUT2D eigenvalue weighted by Crippen LogP contribution is 2.41. The van der Waals surface area contributed by atoms with E-state index in [2.05, 4.69) is 76.4 Å². The molecule has 1 saturated carbocycles. The summed E-state index contributed by atoms with van der Waals surface area (Å²) in [6, 6.07) is 9.12. The number of nitrogens with zero attached hydrogens (tertiary/aromatic N) is 5. The molecule has 1 aromatic heterocycles. The zero-order valence-electron chi connectivity index (χ0n) is 20.1. The summed E-state index contributed by atoms with van der Waals surface area (Å²) < 4.78 is 1.92. The van der Waals surface area contributed by atoms with Gasteiger partial charge in [-0.3, -0.25) is 4.79 Å². The van der Waals surface area contributed by atoms with E-state index in [1.165, 1.54) is 11.1 Å². The first kappa shape index (κ1) is 22.8. The van der Waals surface area contributed by atoms with Gasteiger partial charge < -0.3 is 10.6 Å². The quantitative estimate of drug-likeness (QED) is 0.553. The minimum Gasteiger partial charge on any atom is -0.368 e. The van der Waals surface area contributed by atoms with Crippen LogP contribution in [0.25, 0.3) is 0 Å². The molecular weight excluding hydrogens is 428 g/mol. The van der Waals surface area contributed by atoms with Crippen molar-refractivity contribution in [2.24, 2.45) is 17.8 Å². The van der Waals surface area contributed by atoms with E-state index in [0.29, 0.717) is 24.8 Å². The third-order valence-electron chi connectivity index (χ3n) is 7.55. The summed E-state index contributed by atoms with van der Waals surface area (Å²) in [4.78, 5) is 12.9. The zero-order chi connectivity index (χ0) is 23.8. The monoisotopic (exact) mass is 462 g/mol. The number of nitrogens with one attached hydrogen (secondary N) is 3. The predicted molar refractivity (Wildman–Crippen MR) is 128 cm³/mol. The molecule has 34 heavy (non-hydrogen) atoms. The van der Waals surface area contributed by atoms with Crippen molar-refractivity contribution in [2.75, 3.05) is 11.9 Å². The van der Waals surface area contributed by atoms with E-state index in [-0.39, 0.29) is 36.1 Å². The summed E-state index contributed by atoms with van der Waals surface area (Å²) in [5, 5.41) is 26.5. The number of aryl methyl sites for hydroxylation is 1. The molecule has 0 bridgehead atoms. The van der Waals surface area contributed by atoms with Crippen molar-refractivity contribution >= 4 is 11.6 Å². The molecule has 0 spiro atoms. The van der Waals surface area contributed by atoms with Crippen LogP contribution in [0.15, 0.2) is 30.6 Å². The topological polar surface area (TPSA) is 111 Å². The van der Waals surface area contributed by atoms with Crippen LogP contribution in [0.3, 0.4) is 0 Å². The van der Waals surface area contributed by atoms with Crippen LogP contribution in [0.5, 0.6) is 0 Å². The Morgan fingerprint density at radius 3 is 2.76 bits per heavy atom. The van der Waals surface area contributed by atoms with Gasteiger partial charge in [-0.25, -0.2) is 15.1 Å². The van der Waals surface area contributed by atoms with Gasteiger partial charge in [0.05, 0.1) is 30.6 Å². The van der Waals surface area contributed by atoms with Crippen LogP contribution in [-0.2, 0) is 4.79 Å². The number of carbonyl (C=O) groups is 1. The highest BCUT2D eigenvalue weighted by Gasteiger charge is 2.51. The van der Waals surface area contributed by atoms with Gasteiger partial charge >= 0.3 is 0 Å². The van der Waals surface area contributed by atoms with Gasteiger partial charge in [-0.1, -0.05) is 25.1 Å². The largest absolute Gasteiger partial charge is 0.368 e. The van der Waals surface area contributed by atoms with E-state index < -0.39 is 0 Å². The average molecular weight is 463 g/mol. The Balaban J connectivity index is 1.38. The fourth-order valence-corrected chi connectivity index (χ4v) is 5.82. The number of carbonyl (C=O) groups excluding carboxylic acids is 1. The number of benzene rings is 1. The lowest BCUT2D eigenvalue weighted by molar-refractivity contribution is -0.128. The SMILES string of the molecule is Cc1cc(NC2NN([C@@H](CC#N)C3CC3)C3CCNC(=O)C23)ccc1C(C(C)C)n1ccnn1. The van der Waals surface area contributed by atoms with Crippen molar-refractivity contribution < 1.29 is 4.79 Å². The highest BCUT2D eigenvalue weighted by atomic mass is 16.2. The van der Waals surface area contributed by atoms with Gasteiger partial charge in [-0.2, -0.15) is 5.26 Å². The Kier molecular flexibility index (Phi) is 6.28. The van der Waals surface area contributed by atoms with Crippen LogP contribution in [0.4, 0.5) is 5.69 Å². The number of hydrogen-bond donors (Lipinski definition) is 3. The summed E-state index contributed by atoms with van der Waals surface area (Å²) in [6.07, 6.45) is 7.11. The van der Waals surface area contributed by atoms with Gasteiger partial charge in [0, 0.05) is 30.5 Å². The molecule has 2 aliphatic heterocycles. The van der Waals surface area contributed by atoms with E-state index >= 15 is 0 Å². The Morgan fingerprint density at radius 1 is 1.29 bits per heavy atom. The van der Waals surface area contributed by atoms with Crippen LogP contribution >= 0.6 is 0 Å². The fourth-order valence-electron chi connectivity index (χ4n) is 5.82. The van der Waals surface area contributed by atoms with E-state index in [9.17, 15) is 10.1 Å². The number of rotatable bonds is 8. The lowest BCUT2D eigenvalue weighted by Crippen LogP contribution is -2.52. The summed E-state index contributed by atoms with van der Waals surface area (Å²) in [6.45, 7) is 7.18. The zero-order valence-corrected chi connectivity index (χ0v) is 20.1. The fraction of sp³-hybridized carbons (Fsp3) is 0.600. The Labute approximate surface area is 200 Å². The van der Waals surface area contributed by atoms with Gasteiger partial charge in [-0.05, 0) is 61.3 Å². The Morgan fingerprint density at radius 2 is 2.12 bits per heavy atom. The molecule has 2 saturated heterocycles. The third kappa shape index (κ3) is 4.28. The number of anilines is 1. The van der Waals surface area contributed by atoms with E-state index in [4.69, 9.17) is 0 Å². The number of fused-ring (bicyclic) bond motifs is 1. The maximum atomic E-state index is 12.9.